The number of benzene rings is 2. The Hall–Kier alpha value is -3.88. The van der Waals surface area contributed by atoms with Crippen LogP contribution in [0.25, 0.3) is 0 Å². The van der Waals surface area contributed by atoms with E-state index in [9.17, 15) is 4.79 Å². The van der Waals surface area contributed by atoms with Gasteiger partial charge in [-0.25, -0.2) is 0 Å². The summed E-state index contributed by atoms with van der Waals surface area (Å²) >= 11 is 0. The van der Waals surface area contributed by atoms with Crippen molar-refractivity contribution in [2.45, 2.75) is 32.8 Å². The SMILES string of the molecule is COc1ccc(CCNc2nc(N)nc(COc3cc(C)cc(N4CCCC4=O)c3)n2)cc1. The Balaban J connectivity index is 1.37. The minimum atomic E-state index is 0.128. The molecule has 3 N–H and O–H groups in total. The molecular formula is C24H28N6O3. The zero-order valence-electron chi connectivity index (χ0n) is 18.9. The average Bonchev–Trinajstić information content (AvgIpc) is 3.23. The first-order chi connectivity index (χ1) is 16.0. The van der Waals surface area contributed by atoms with Crippen LogP contribution in [-0.4, -0.2) is 41.1 Å². The molecule has 0 saturated carbocycles. The lowest BCUT2D eigenvalue weighted by molar-refractivity contribution is -0.117. The Morgan fingerprint density at radius 3 is 2.64 bits per heavy atom. The van der Waals surface area contributed by atoms with Crippen LogP contribution in [0.3, 0.4) is 0 Å². The molecule has 2 heterocycles. The third-order valence-corrected chi connectivity index (χ3v) is 5.34. The lowest BCUT2D eigenvalue weighted by atomic mass is 10.1. The number of nitrogens with one attached hydrogen (secondary N) is 1. The number of aryl methyl sites for hydroxylation is 1. The highest BCUT2D eigenvalue weighted by Gasteiger charge is 2.22. The summed E-state index contributed by atoms with van der Waals surface area (Å²) in [4.78, 5) is 26.6. The smallest absolute Gasteiger partial charge is 0.227 e. The van der Waals surface area contributed by atoms with Gasteiger partial charge >= 0.3 is 0 Å². The van der Waals surface area contributed by atoms with Crippen LogP contribution in [0, 0.1) is 6.92 Å². The molecule has 0 unspecified atom stereocenters. The Bertz CT molecular complexity index is 1120. The molecule has 4 rings (SSSR count). The van der Waals surface area contributed by atoms with Crippen LogP contribution in [0.4, 0.5) is 17.6 Å². The molecule has 1 saturated heterocycles. The highest BCUT2D eigenvalue weighted by molar-refractivity contribution is 5.95. The van der Waals surface area contributed by atoms with E-state index in [1.807, 2.05) is 49.4 Å². The van der Waals surface area contributed by atoms with Gasteiger partial charge in [0, 0.05) is 31.3 Å². The number of amides is 1. The molecule has 172 valence electrons. The van der Waals surface area contributed by atoms with E-state index in [0.29, 0.717) is 30.5 Å². The minimum Gasteiger partial charge on any atom is -0.497 e. The van der Waals surface area contributed by atoms with Gasteiger partial charge < -0.3 is 25.4 Å². The maximum atomic E-state index is 12.1. The summed E-state index contributed by atoms with van der Waals surface area (Å²) in [7, 11) is 1.65. The number of nitrogens with two attached hydrogens (primary N) is 1. The van der Waals surface area contributed by atoms with Gasteiger partial charge in [0.2, 0.25) is 17.8 Å². The van der Waals surface area contributed by atoms with E-state index in [0.717, 1.165) is 36.4 Å². The van der Waals surface area contributed by atoms with Gasteiger partial charge in [0.1, 0.15) is 18.1 Å². The molecule has 1 aliphatic heterocycles. The van der Waals surface area contributed by atoms with Crippen LogP contribution in [0.1, 0.15) is 29.8 Å². The first kappa shape index (κ1) is 22.3. The predicted molar refractivity (Wildman–Crippen MR) is 127 cm³/mol. The molecule has 0 aliphatic carbocycles. The van der Waals surface area contributed by atoms with Crippen molar-refractivity contribution < 1.29 is 14.3 Å². The Kier molecular flexibility index (Phi) is 6.87. The van der Waals surface area contributed by atoms with E-state index >= 15 is 0 Å². The van der Waals surface area contributed by atoms with Gasteiger partial charge in [-0.3, -0.25) is 4.79 Å². The lowest BCUT2D eigenvalue weighted by Crippen LogP contribution is -2.23. The van der Waals surface area contributed by atoms with Crippen molar-refractivity contribution in [2.24, 2.45) is 0 Å². The fourth-order valence-corrected chi connectivity index (χ4v) is 3.73. The summed E-state index contributed by atoms with van der Waals surface area (Å²) in [6.45, 7) is 3.48. The second-order valence-electron chi connectivity index (χ2n) is 7.90. The second kappa shape index (κ2) is 10.2. The monoisotopic (exact) mass is 448 g/mol. The molecule has 9 heteroatoms. The van der Waals surface area contributed by atoms with Crippen molar-refractivity contribution >= 4 is 23.5 Å². The highest BCUT2D eigenvalue weighted by atomic mass is 16.5. The molecule has 3 aromatic rings. The Morgan fingerprint density at radius 1 is 1.09 bits per heavy atom. The van der Waals surface area contributed by atoms with Crippen LogP contribution in [-0.2, 0) is 17.8 Å². The fourth-order valence-electron chi connectivity index (χ4n) is 3.73. The molecule has 0 bridgehead atoms. The molecule has 2 aromatic carbocycles. The first-order valence-electron chi connectivity index (χ1n) is 10.9. The largest absolute Gasteiger partial charge is 0.497 e. The molecule has 33 heavy (non-hydrogen) atoms. The van der Waals surface area contributed by atoms with Crippen molar-refractivity contribution in [3.63, 3.8) is 0 Å². The van der Waals surface area contributed by atoms with Gasteiger partial charge in [-0.2, -0.15) is 15.0 Å². The van der Waals surface area contributed by atoms with Crippen LogP contribution in [0.15, 0.2) is 42.5 Å². The second-order valence-corrected chi connectivity index (χ2v) is 7.90. The number of ether oxygens (including phenoxy) is 2. The van der Waals surface area contributed by atoms with Crippen molar-refractivity contribution in [2.75, 3.05) is 36.1 Å². The van der Waals surface area contributed by atoms with Crippen LogP contribution in [0.5, 0.6) is 11.5 Å². The standard InChI is InChI=1S/C24H28N6O3/c1-16-12-18(30-11-3-4-22(30)31)14-20(13-16)33-15-21-27-23(25)29-24(28-21)26-10-9-17-5-7-19(32-2)8-6-17/h5-8,12-14H,3-4,9-11,15H2,1-2H3,(H3,25,26,27,28,29). The quantitative estimate of drug-likeness (QED) is 0.513. The Labute approximate surface area is 193 Å². The topological polar surface area (TPSA) is 115 Å². The molecular weight excluding hydrogens is 420 g/mol. The summed E-state index contributed by atoms with van der Waals surface area (Å²) < 4.78 is 11.1. The molecule has 0 radical (unpaired) electrons. The predicted octanol–water partition coefficient (Wildman–Crippen LogP) is 3.13. The van der Waals surface area contributed by atoms with Crippen LogP contribution < -0.4 is 25.4 Å². The lowest BCUT2D eigenvalue weighted by Gasteiger charge is -2.18. The third-order valence-electron chi connectivity index (χ3n) is 5.34. The number of rotatable bonds is 9. The normalized spacial score (nSPS) is 13.3. The minimum absolute atomic E-state index is 0.128. The number of aromatic nitrogens is 3. The number of hydrogen-bond donors (Lipinski definition) is 2. The van der Waals surface area contributed by atoms with Gasteiger partial charge in [-0.15, -0.1) is 0 Å². The third kappa shape index (κ3) is 5.88. The maximum absolute atomic E-state index is 12.1. The molecule has 0 spiro atoms. The van der Waals surface area contributed by atoms with E-state index in [1.54, 1.807) is 12.0 Å². The zero-order valence-corrected chi connectivity index (χ0v) is 18.9. The zero-order chi connectivity index (χ0) is 23.2. The number of carbonyl (C=O) groups excluding carboxylic acids is 1. The van der Waals surface area contributed by atoms with Gasteiger partial charge in [-0.1, -0.05) is 12.1 Å². The van der Waals surface area contributed by atoms with Crippen molar-refractivity contribution in [3.05, 3.63) is 59.4 Å². The summed E-state index contributed by atoms with van der Waals surface area (Å²) in [5.74, 6) is 2.58. The highest BCUT2D eigenvalue weighted by Crippen LogP contribution is 2.27. The first-order valence-corrected chi connectivity index (χ1v) is 10.9. The number of nitrogen functional groups attached to an aromatic ring is 1. The summed E-state index contributed by atoms with van der Waals surface area (Å²) in [5, 5.41) is 3.19. The molecule has 9 nitrogen and oxygen atoms in total. The summed E-state index contributed by atoms with van der Waals surface area (Å²) in [6, 6.07) is 13.7. The van der Waals surface area contributed by atoms with E-state index in [4.69, 9.17) is 15.2 Å². The van der Waals surface area contributed by atoms with E-state index < -0.39 is 0 Å². The number of hydrogen-bond acceptors (Lipinski definition) is 8. The Morgan fingerprint density at radius 2 is 1.91 bits per heavy atom. The van der Waals surface area contributed by atoms with Gasteiger partial charge in [-0.05, 0) is 55.2 Å². The maximum Gasteiger partial charge on any atom is 0.227 e. The van der Waals surface area contributed by atoms with Gasteiger partial charge in [0.15, 0.2) is 5.82 Å². The fraction of sp³-hybridized carbons (Fsp3) is 0.333. The number of anilines is 3. The molecule has 1 amide bonds. The van der Waals surface area contributed by atoms with Crippen molar-refractivity contribution in [1.29, 1.82) is 0 Å². The average molecular weight is 449 g/mol. The number of nitrogens with zero attached hydrogens (tertiary/aromatic N) is 4. The summed E-state index contributed by atoms with van der Waals surface area (Å²) in [5.41, 5.74) is 8.90. The van der Waals surface area contributed by atoms with Crippen LogP contribution >= 0.6 is 0 Å². The molecule has 1 aliphatic rings. The van der Waals surface area contributed by atoms with Crippen LogP contribution in [0.2, 0.25) is 0 Å². The molecule has 1 fully saturated rings. The molecule has 1 aromatic heterocycles. The van der Waals surface area contributed by atoms with E-state index in [2.05, 4.69) is 20.3 Å². The number of carbonyl (C=O) groups is 1. The van der Waals surface area contributed by atoms with E-state index in [-0.39, 0.29) is 18.5 Å². The van der Waals surface area contributed by atoms with Crippen molar-refractivity contribution in [1.82, 2.24) is 15.0 Å². The van der Waals surface area contributed by atoms with Gasteiger partial charge in [0.25, 0.3) is 0 Å². The number of methoxy groups -OCH3 is 1. The summed E-state index contributed by atoms with van der Waals surface area (Å²) in [6.07, 6.45) is 2.26. The van der Waals surface area contributed by atoms with Gasteiger partial charge in [0.05, 0.1) is 7.11 Å². The molecule has 0 atom stereocenters. The van der Waals surface area contributed by atoms with E-state index in [1.165, 1.54) is 5.56 Å². The van der Waals surface area contributed by atoms with Crippen molar-refractivity contribution in [3.8, 4) is 11.5 Å².